The quantitative estimate of drug-likeness (QED) is 0.802. The molecule has 0 radical (unpaired) electrons. The van der Waals surface area contributed by atoms with Crippen LogP contribution in [0.1, 0.15) is 66.7 Å². The summed E-state index contributed by atoms with van der Waals surface area (Å²) in [6, 6.07) is -0.541. The molecule has 0 aromatic rings. The summed E-state index contributed by atoms with van der Waals surface area (Å²) in [4.78, 5) is 12.1. The largest absolute Gasteiger partial charge is 0.444 e. The predicted octanol–water partition coefficient (Wildman–Crippen LogP) is 2.73. The van der Waals surface area contributed by atoms with Crippen LogP contribution in [0.3, 0.4) is 0 Å². The summed E-state index contributed by atoms with van der Waals surface area (Å²) in [5, 5.41) is 2.83. The molecular formula is C18H35N3O4S. The molecule has 0 aromatic carbocycles. The van der Waals surface area contributed by atoms with Crippen LogP contribution in [-0.2, 0) is 14.9 Å². The summed E-state index contributed by atoms with van der Waals surface area (Å²) in [5.74, 6) is 0.388. The van der Waals surface area contributed by atoms with Gasteiger partial charge in [0.15, 0.2) is 0 Å². The van der Waals surface area contributed by atoms with Crippen molar-refractivity contribution in [2.75, 3.05) is 19.6 Å². The van der Waals surface area contributed by atoms with Crippen LogP contribution < -0.4 is 5.32 Å². The maximum atomic E-state index is 13.2. The number of piperidine rings is 2. The average Bonchev–Trinajstić information content (AvgIpc) is 2.53. The molecule has 3 unspecified atom stereocenters. The van der Waals surface area contributed by atoms with Gasteiger partial charge in [0.2, 0.25) is 0 Å². The fraction of sp³-hybridized carbons (Fsp3) is 0.944. The standard InChI is InChI=1S/C18H35N3O4S/c1-14-9-8-11-20(13-14)26(23,24)21-12-7-6-10-16(21)15(2)19-17(22)25-18(3,4)5/h14-16H,6-13H2,1-5H3,(H,19,22). The van der Waals surface area contributed by atoms with Gasteiger partial charge in [-0.1, -0.05) is 13.3 Å². The lowest BCUT2D eigenvalue weighted by molar-refractivity contribution is 0.0476. The van der Waals surface area contributed by atoms with E-state index >= 15 is 0 Å². The fourth-order valence-corrected chi connectivity index (χ4v) is 5.90. The zero-order valence-electron chi connectivity index (χ0n) is 16.8. The highest BCUT2D eigenvalue weighted by atomic mass is 32.2. The number of ether oxygens (including phenoxy) is 1. The van der Waals surface area contributed by atoms with E-state index in [2.05, 4.69) is 12.2 Å². The monoisotopic (exact) mass is 389 g/mol. The van der Waals surface area contributed by atoms with Gasteiger partial charge in [0.1, 0.15) is 5.60 Å². The minimum absolute atomic E-state index is 0.237. The second kappa shape index (κ2) is 8.44. The molecule has 2 fully saturated rings. The molecule has 1 N–H and O–H groups in total. The van der Waals surface area contributed by atoms with Crippen molar-refractivity contribution in [3.8, 4) is 0 Å². The van der Waals surface area contributed by atoms with Crippen molar-refractivity contribution in [2.24, 2.45) is 5.92 Å². The Labute approximate surface area is 158 Å². The summed E-state index contributed by atoms with van der Waals surface area (Å²) in [6.45, 7) is 11.1. The van der Waals surface area contributed by atoms with Gasteiger partial charge in [-0.05, 0) is 59.3 Å². The molecule has 8 heteroatoms. The van der Waals surface area contributed by atoms with Crippen LogP contribution in [0.2, 0.25) is 0 Å². The van der Waals surface area contributed by atoms with Crippen molar-refractivity contribution >= 4 is 16.3 Å². The molecule has 7 nitrogen and oxygen atoms in total. The summed E-state index contributed by atoms with van der Waals surface area (Å²) in [6.07, 6.45) is 4.06. The highest BCUT2D eigenvalue weighted by molar-refractivity contribution is 7.86. The summed E-state index contributed by atoms with van der Waals surface area (Å²) < 4.78 is 35.0. The lowest BCUT2D eigenvalue weighted by Gasteiger charge is -2.42. The second-order valence-corrected chi connectivity index (χ2v) is 10.6. The Morgan fingerprint density at radius 3 is 2.46 bits per heavy atom. The molecule has 3 atom stereocenters. The van der Waals surface area contributed by atoms with Gasteiger partial charge in [0, 0.05) is 31.7 Å². The van der Waals surface area contributed by atoms with E-state index < -0.39 is 21.9 Å². The second-order valence-electron chi connectivity index (χ2n) is 8.72. The third-order valence-electron chi connectivity index (χ3n) is 5.06. The fourth-order valence-electron chi connectivity index (χ4n) is 3.81. The first-order chi connectivity index (χ1) is 12.0. The van der Waals surface area contributed by atoms with Crippen LogP contribution in [0, 0.1) is 5.92 Å². The van der Waals surface area contributed by atoms with E-state index in [1.165, 1.54) is 0 Å². The molecule has 0 aromatic heterocycles. The molecule has 2 rings (SSSR count). The van der Waals surface area contributed by atoms with Gasteiger partial charge >= 0.3 is 6.09 Å². The molecule has 2 aliphatic heterocycles. The average molecular weight is 390 g/mol. The van der Waals surface area contributed by atoms with E-state index in [-0.39, 0.29) is 12.1 Å². The predicted molar refractivity (Wildman–Crippen MR) is 102 cm³/mol. The SMILES string of the molecule is CC1CCCN(S(=O)(=O)N2CCCCC2C(C)NC(=O)OC(C)(C)C)C1. The first kappa shape index (κ1) is 21.4. The third kappa shape index (κ3) is 5.57. The normalized spacial score (nSPS) is 27.7. The number of carbonyl (C=O) groups is 1. The smallest absolute Gasteiger partial charge is 0.407 e. The van der Waals surface area contributed by atoms with Crippen molar-refractivity contribution < 1.29 is 17.9 Å². The van der Waals surface area contributed by atoms with E-state index in [1.54, 1.807) is 8.61 Å². The first-order valence-corrected chi connectivity index (χ1v) is 11.2. The van der Waals surface area contributed by atoms with E-state index in [9.17, 15) is 13.2 Å². The van der Waals surface area contributed by atoms with Crippen LogP contribution in [0.4, 0.5) is 4.79 Å². The molecular weight excluding hydrogens is 354 g/mol. The number of nitrogens with one attached hydrogen (secondary N) is 1. The zero-order valence-corrected chi connectivity index (χ0v) is 17.6. The molecule has 0 saturated carbocycles. The van der Waals surface area contributed by atoms with E-state index in [1.807, 2.05) is 27.7 Å². The van der Waals surface area contributed by atoms with Crippen LogP contribution in [0.15, 0.2) is 0 Å². The molecule has 0 bridgehead atoms. The maximum Gasteiger partial charge on any atom is 0.407 e. The van der Waals surface area contributed by atoms with Crippen LogP contribution in [0.5, 0.6) is 0 Å². The van der Waals surface area contributed by atoms with Crippen molar-refractivity contribution in [3.63, 3.8) is 0 Å². The van der Waals surface area contributed by atoms with Gasteiger partial charge in [-0.2, -0.15) is 17.0 Å². The molecule has 0 aliphatic carbocycles. The van der Waals surface area contributed by atoms with E-state index in [0.29, 0.717) is 25.6 Å². The highest BCUT2D eigenvalue weighted by Gasteiger charge is 2.40. The molecule has 0 spiro atoms. The molecule has 2 saturated heterocycles. The van der Waals surface area contributed by atoms with Gasteiger partial charge < -0.3 is 10.1 Å². The van der Waals surface area contributed by atoms with Crippen molar-refractivity contribution in [3.05, 3.63) is 0 Å². The third-order valence-corrected chi connectivity index (χ3v) is 7.09. The summed E-state index contributed by atoms with van der Waals surface area (Å²) in [5.41, 5.74) is -0.577. The minimum Gasteiger partial charge on any atom is -0.444 e. The molecule has 2 aliphatic rings. The Bertz CT molecular complexity index is 588. The molecule has 152 valence electrons. The van der Waals surface area contributed by atoms with Gasteiger partial charge in [0.05, 0.1) is 0 Å². The van der Waals surface area contributed by atoms with Crippen molar-refractivity contribution in [2.45, 2.75) is 84.4 Å². The lowest BCUT2D eigenvalue weighted by Crippen LogP contribution is -2.58. The molecule has 26 heavy (non-hydrogen) atoms. The minimum atomic E-state index is -3.51. The van der Waals surface area contributed by atoms with E-state index in [0.717, 1.165) is 32.1 Å². The molecule has 2 heterocycles. The number of alkyl carbamates (subject to hydrolysis) is 1. The van der Waals surface area contributed by atoms with Crippen LogP contribution in [0.25, 0.3) is 0 Å². The van der Waals surface area contributed by atoms with Crippen molar-refractivity contribution in [1.29, 1.82) is 0 Å². The lowest BCUT2D eigenvalue weighted by atomic mass is 9.99. The Morgan fingerprint density at radius 1 is 1.15 bits per heavy atom. The number of hydrogen-bond donors (Lipinski definition) is 1. The zero-order chi connectivity index (χ0) is 19.5. The Balaban J connectivity index is 2.09. The number of rotatable bonds is 4. The van der Waals surface area contributed by atoms with Gasteiger partial charge in [-0.15, -0.1) is 0 Å². The Hall–Kier alpha value is -0.860. The van der Waals surface area contributed by atoms with Crippen LogP contribution >= 0.6 is 0 Å². The number of amides is 1. The van der Waals surface area contributed by atoms with Crippen LogP contribution in [-0.4, -0.2) is 60.4 Å². The first-order valence-electron chi connectivity index (χ1n) is 9.77. The topological polar surface area (TPSA) is 79.0 Å². The van der Waals surface area contributed by atoms with Gasteiger partial charge in [-0.25, -0.2) is 4.79 Å². The molecule has 1 amide bonds. The number of hydrogen-bond acceptors (Lipinski definition) is 4. The maximum absolute atomic E-state index is 13.2. The summed E-state index contributed by atoms with van der Waals surface area (Å²) in [7, 11) is -3.51. The van der Waals surface area contributed by atoms with Gasteiger partial charge in [-0.3, -0.25) is 0 Å². The Kier molecular flexibility index (Phi) is 6.96. The number of nitrogens with zero attached hydrogens (tertiary/aromatic N) is 2. The summed E-state index contributed by atoms with van der Waals surface area (Å²) >= 11 is 0. The number of carbonyl (C=O) groups excluding carboxylic acids is 1. The highest BCUT2D eigenvalue weighted by Crippen LogP contribution is 2.28. The Morgan fingerprint density at radius 2 is 1.85 bits per heavy atom. The van der Waals surface area contributed by atoms with Gasteiger partial charge in [0.25, 0.3) is 10.2 Å². The van der Waals surface area contributed by atoms with E-state index in [4.69, 9.17) is 4.74 Å². The van der Waals surface area contributed by atoms with Crippen molar-refractivity contribution in [1.82, 2.24) is 13.9 Å².